The van der Waals surface area contributed by atoms with E-state index in [0.717, 1.165) is 11.2 Å². The summed E-state index contributed by atoms with van der Waals surface area (Å²) in [6.07, 6.45) is -4.73. The number of hydrogen-bond donors (Lipinski definition) is 2. The number of anilines is 1. The lowest BCUT2D eigenvalue weighted by molar-refractivity contribution is -0.173. The highest BCUT2D eigenvalue weighted by atomic mass is 35.5. The molecule has 40 heavy (non-hydrogen) atoms. The van der Waals surface area contributed by atoms with Crippen LogP contribution < -0.4 is 20.1 Å². The smallest absolute Gasteiger partial charge is 0.410 e. The van der Waals surface area contributed by atoms with Crippen molar-refractivity contribution in [1.29, 1.82) is 0 Å². The lowest BCUT2D eigenvalue weighted by atomic mass is 9.96. The Hall–Kier alpha value is -3.44. The maximum Gasteiger partial charge on any atom is 0.410 e. The topological polar surface area (TPSA) is 80.7 Å². The van der Waals surface area contributed by atoms with Gasteiger partial charge in [-0.3, -0.25) is 4.79 Å². The molecule has 2 aromatic carbocycles. The number of amides is 1. The molecule has 1 aromatic heterocycles. The minimum absolute atomic E-state index is 0. The fourth-order valence-corrected chi connectivity index (χ4v) is 5.26. The van der Waals surface area contributed by atoms with Crippen LogP contribution in [0.25, 0.3) is 11.3 Å². The minimum atomic E-state index is -4.50. The number of alkyl halides is 3. The molecule has 0 radical (unpaired) electrons. The van der Waals surface area contributed by atoms with E-state index >= 15 is 0 Å². The van der Waals surface area contributed by atoms with Gasteiger partial charge >= 0.3 is 6.18 Å². The number of fused-ring (bicyclic) bond motifs is 1. The van der Waals surface area contributed by atoms with Crippen molar-refractivity contribution in [2.24, 2.45) is 0 Å². The van der Waals surface area contributed by atoms with Gasteiger partial charge in [0, 0.05) is 48.8 Å². The van der Waals surface area contributed by atoms with Crippen molar-refractivity contribution in [3.05, 3.63) is 59.7 Å². The number of aromatic nitrogens is 2. The Morgan fingerprint density at radius 2 is 1.73 bits per heavy atom. The van der Waals surface area contributed by atoms with Crippen LogP contribution in [0.5, 0.6) is 11.5 Å². The Morgan fingerprint density at radius 3 is 2.38 bits per heavy atom. The Morgan fingerprint density at radius 1 is 1.02 bits per heavy atom. The lowest BCUT2D eigenvalue weighted by Gasteiger charge is -2.37. The standard InChI is InChI=1S/C28H32F3N5O3.ClH/c1-16-15-35(17(2)14-32-16)27(37)19-7-5-18(6-8-19)22-13-26-33-21(12-25(28(29,30)31)36(26)34-22)20-9-10-23(38-3)24(11-20)39-4;/h5-11,13,16-17,21,25,32-33H,12,14-15H2,1-4H3;1H/t16-,17+,21?,25?;/m0./s1. The normalized spacial score (nSPS) is 22.5. The van der Waals surface area contributed by atoms with Gasteiger partial charge in [-0.25, -0.2) is 4.68 Å². The van der Waals surface area contributed by atoms with Crippen molar-refractivity contribution in [3.8, 4) is 22.8 Å². The van der Waals surface area contributed by atoms with E-state index in [0.29, 0.717) is 40.4 Å². The summed E-state index contributed by atoms with van der Waals surface area (Å²) in [5.41, 5.74) is 2.20. The van der Waals surface area contributed by atoms with Gasteiger partial charge in [0.15, 0.2) is 17.5 Å². The van der Waals surface area contributed by atoms with Crippen LogP contribution in [-0.2, 0) is 0 Å². The van der Waals surface area contributed by atoms with Crippen LogP contribution in [0.1, 0.15) is 48.3 Å². The summed E-state index contributed by atoms with van der Waals surface area (Å²) in [6, 6.07) is 11.4. The molecule has 8 nitrogen and oxygen atoms in total. The molecule has 12 heteroatoms. The molecule has 1 amide bonds. The van der Waals surface area contributed by atoms with Crippen molar-refractivity contribution >= 4 is 24.1 Å². The molecular formula is C28H33ClF3N5O3. The molecule has 0 aliphatic carbocycles. The van der Waals surface area contributed by atoms with E-state index in [-0.39, 0.29) is 42.6 Å². The molecule has 3 aromatic rings. The quantitative estimate of drug-likeness (QED) is 0.417. The number of piperazine rings is 1. The highest BCUT2D eigenvalue weighted by molar-refractivity contribution is 5.95. The predicted molar refractivity (Wildman–Crippen MR) is 148 cm³/mol. The highest BCUT2D eigenvalue weighted by Crippen LogP contribution is 2.45. The summed E-state index contributed by atoms with van der Waals surface area (Å²) < 4.78 is 54.2. The minimum Gasteiger partial charge on any atom is -0.493 e. The molecule has 1 saturated heterocycles. The van der Waals surface area contributed by atoms with Gasteiger partial charge in [-0.15, -0.1) is 12.4 Å². The van der Waals surface area contributed by atoms with Crippen LogP contribution in [0.4, 0.5) is 19.0 Å². The molecule has 0 spiro atoms. The van der Waals surface area contributed by atoms with Crippen molar-refractivity contribution in [2.45, 2.75) is 50.6 Å². The summed E-state index contributed by atoms with van der Waals surface area (Å²) in [5, 5.41) is 10.9. The Labute approximate surface area is 237 Å². The first-order chi connectivity index (χ1) is 18.6. The number of rotatable bonds is 5. The predicted octanol–water partition coefficient (Wildman–Crippen LogP) is 5.47. The second-order valence-electron chi connectivity index (χ2n) is 10.2. The third kappa shape index (κ3) is 5.71. The van der Waals surface area contributed by atoms with Gasteiger partial charge in [-0.2, -0.15) is 18.3 Å². The van der Waals surface area contributed by atoms with Crippen LogP contribution >= 0.6 is 12.4 Å². The third-order valence-corrected chi connectivity index (χ3v) is 7.45. The first-order valence-corrected chi connectivity index (χ1v) is 12.9. The van der Waals surface area contributed by atoms with Gasteiger partial charge in [-0.1, -0.05) is 18.2 Å². The number of hydrogen-bond acceptors (Lipinski definition) is 6. The molecule has 2 aliphatic heterocycles. The number of nitrogens with zero attached hydrogens (tertiary/aromatic N) is 3. The average molecular weight is 580 g/mol. The van der Waals surface area contributed by atoms with Gasteiger partial charge in [0.2, 0.25) is 0 Å². The van der Waals surface area contributed by atoms with Gasteiger partial charge in [0.05, 0.1) is 26.0 Å². The maximum absolute atomic E-state index is 14.2. The lowest BCUT2D eigenvalue weighted by Crippen LogP contribution is -2.56. The Kier molecular flexibility index (Phi) is 8.55. The summed E-state index contributed by atoms with van der Waals surface area (Å²) in [4.78, 5) is 14.9. The maximum atomic E-state index is 14.2. The summed E-state index contributed by atoms with van der Waals surface area (Å²) in [5.74, 6) is 1.14. The van der Waals surface area contributed by atoms with E-state index in [4.69, 9.17) is 9.47 Å². The summed E-state index contributed by atoms with van der Waals surface area (Å²) in [7, 11) is 2.99. The van der Waals surface area contributed by atoms with E-state index in [1.54, 1.807) is 48.5 Å². The number of nitrogens with one attached hydrogen (secondary N) is 2. The van der Waals surface area contributed by atoms with Crippen LogP contribution in [-0.4, -0.2) is 66.2 Å². The number of methoxy groups -OCH3 is 2. The van der Waals surface area contributed by atoms with E-state index in [1.165, 1.54) is 14.2 Å². The molecule has 5 rings (SSSR count). The van der Waals surface area contributed by atoms with Crippen LogP contribution in [0, 0.1) is 0 Å². The van der Waals surface area contributed by atoms with Gasteiger partial charge in [-0.05, 0) is 43.7 Å². The van der Waals surface area contributed by atoms with E-state index < -0.39 is 18.3 Å². The zero-order chi connectivity index (χ0) is 27.9. The largest absolute Gasteiger partial charge is 0.493 e. The molecule has 1 fully saturated rings. The second kappa shape index (κ2) is 11.6. The average Bonchev–Trinajstić information content (AvgIpc) is 3.36. The molecule has 2 aliphatic rings. The van der Waals surface area contributed by atoms with Crippen molar-refractivity contribution in [3.63, 3.8) is 0 Å². The first kappa shape index (κ1) is 29.5. The summed E-state index contributed by atoms with van der Waals surface area (Å²) in [6.45, 7) is 5.37. The molecule has 3 heterocycles. The number of carbonyl (C=O) groups excluding carboxylic acids is 1. The first-order valence-electron chi connectivity index (χ1n) is 12.9. The number of halogens is 4. The molecule has 216 valence electrons. The SMILES string of the molecule is COc1ccc(C2CC(C(F)(F)F)n3nc(-c4ccc(C(=O)N5C[C@H](C)NC[C@H]5C)cc4)cc3N2)cc1OC.Cl. The molecule has 0 saturated carbocycles. The molecule has 2 unspecified atom stereocenters. The van der Waals surface area contributed by atoms with Gasteiger partial charge in [0.25, 0.3) is 5.91 Å². The van der Waals surface area contributed by atoms with Crippen molar-refractivity contribution in [1.82, 2.24) is 20.0 Å². The zero-order valence-electron chi connectivity index (χ0n) is 22.7. The van der Waals surface area contributed by atoms with Crippen LogP contribution in [0.2, 0.25) is 0 Å². The van der Waals surface area contributed by atoms with E-state index in [1.807, 2.05) is 18.7 Å². The summed E-state index contributed by atoms with van der Waals surface area (Å²) >= 11 is 0. The number of ether oxygens (including phenoxy) is 2. The Balaban J connectivity index is 0.00000370. The zero-order valence-corrected chi connectivity index (χ0v) is 23.5. The van der Waals surface area contributed by atoms with E-state index in [2.05, 4.69) is 15.7 Å². The highest BCUT2D eigenvalue weighted by Gasteiger charge is 2.46. The van der Waals surface area contributed by atoms with Crippen LogP contribution in [0.15, 0.2) is 48.5 Å². The molecule has 4 atom stereocenters. The Bertz CT molecular complexity index is 1350. The number of benzene rings is 2. The number of carbonyl (C=O) groups is 1. The van der Waals surface area contributed by atoms with Crippen molar-refractivity contribution < 1.29 is 27.4 Å². The molecular weight excluding hydrogens is 547 g/mol. The van der Waals surface area contributed by atoms with Gasteiger partial charge in [0.1, 0.15) is 5.82 Å². The fraction of sp³-hybridized carbons (Fsp3) is 0.429. The molecule has 0 bridgehead atoms. The second-order valence-corrected chi connectivity index (χ2v) is 10.2. The van der Waals surface area contributed by atoms with E-state index in [9.17, 15) is 18.0 Å². The molecule has 2 N–H and O–H groups in total. The fourth-order valence-electron chi connectivity index (χ4n) is 5.26. The van der Waals surface area contributed by atoms with Crippen LogP contribution in [0.3, 0.4) is 0 Å². The van der Waals surface area contributed by atoms with Gasteiger partial charge < -0.3 is 25.0 Å². The monoisotopic (exact) mass is 579 g/mol. The third-order valence-electron chi connectivity index (χ3n) is 7.45. The van der Waals surface area contributed by atoms with Crippen molar-refractivity contribution in [2.75, 3.05) is 32.6 Å².